The fraction of sp³-hybridized carbons (Fsp3) is 0.667. The summed E-state index contributed by atoms with van der Waals surface area (Å²) in [7, 11) is 1.82. The number of aryl methyl sites for hydroxylation is 2. The topological polar surface area (TPSA) is 64.0 Å². The van der Waals surface area contributed by atoms with Gasteiger partial charge >= 0.3 is 0 Å². The normalized spacial score (nSPS) is 17.6. The van der Waals surface area contributed by atoms with Gasteiger partial charge in [0.2, 0.25) is 5.91 Å². The molecule has 0 radical (unpaired) electrons. The van der Waals surface area contributed by atoms with Crippen molar-refractivity contribution in [2.75, 3.05) is 5.75 Å². The van der Waals surface area contributed by atoms with Crippen molar-refractivity contribution < 1.29 is 4.79 Å². The Balaban J connectivity index is 1.35. The summed E-state index contributed by atoms with van der Waals surface area (Å²) in [4.78, 5) is 32.1. The molecule has 5 nitrogen and oxygen atoms in total. The number of aromatic nitrogens is 2. The standard InChI is InChI=1S/C21H29N3O2S2/c1-24-20(26)18-15-10-5-6-11-16(15)28-19(18)23-21(24)27-13-7-12-17(25)22-14-8-3-2-4-9-14/h14H,2-13H2,1H3,(H,22,25). The second kappa shape index (κ2) is 8.99. The van der Waals surface area contributed by atoms with E-state index in [4.69, 9.17) is 4.98 Å². The van der Waals surface area contributed by atoms with Gasteiger partial charge in [0.1, 0.15) is 4.83 Å². The first-order chi connectivity index (χ1) is 13.6. The number of nitrogens with one attached hydrogen (secondary N) is 1. The number of carbonyl (C=O) groups is 1. The van der Waals surface area contributed by atoms with Gasteiger partial charge in [-0.05, 0) is 50.5 Å². The van der Waals surface area contributed by atoms with Gasteiger partial charge in [-0.2, -0.15) is 0 Å². The van der Waals surface area contributed by atoms with Crippen LogP contribution in [-0.2, 0) is 24.7 Å². The Morgan fingerprint density at radius 3 is 2.82 bits per heavy atom. The van der Waals surface area contributed by atoms with Gasteiger partial charge in [-0.3, -0.25) is 14.2 Å². The number of nitrogens with zero attached hydrogens (tertiary/aromatic N) is 2. The molecule has 0 aromatic carbocycles. The highest BCUT2D eigenvalue weighted by atomic mass is 32.2. The van der Waals surface area contributed by atoms with Crippen LogP contribution in [0, 0.1) is 0 Å². The smallest absolute Gasteiger partial charge is 0.262 e. The fourth-order valence-corrected chi connectivity index (χ4v) is 6.55. The molecule has 0 bridgehead atoms. The second-order valence-corrected chi connectivity index (χ2v) is 10.1. The number of fused-ring (bicyclic) bond motifs is 3. The van der Waals surface area contributed by atoms with Crippen LogP contribution >= 0.6 is 23.1 Å². The van der Waals surface area contributed by atoms with E-state index >= 15 is 0 Å². The zero-order valence-corrected chi connectivity index (χ0v) is 18.2. The molecule has 7 heteroatoms. The molecule has 2 aliphatic carbocycles. The quantitative estimate of drug-likeness (QED) is 0.433. The summed E-state index contributed by atoms with van der Waals surface area (Å²) in [5.74, 6) is 0.963. The van der Waals surface area contributed by atoms with Crippen LogP contribution in [0.2, 0.25) is 0 Å². The van der Waals surface area contributed by atoms with Crippen molar-refractivity contribution >= 4 is 39.2 Å². The first-order valence-electron chi connectivity index (χ1n) is 10.6. The lowest BCUT2D eigenvalue weighted by Crippen LogP contribution is -2.36. The van der Waals surface area contributed by atoms with Crippen molar-refractivity contribution in [3.05, 3.63) is 20.8 Å². The van der Waals surface area contributed by atoms with E-state index in [0.29, 0.717) is 12.5 Å². The van der Waals surface area contributed by atoms with Crippen molar-refractivity contribution in [2.24, 2.45) is 7.05 Å². The Hall–Kier alpha value is -1.34. The lowest BCUT2D eigenvalue weighted by molar-refractivity contribution is -0.122. The third-order valence-electron chi connectivity index (χ3n) is 5.90. The Bertz CT molecular complexity index is 912. The lowest BCUT2D eigenvalue weighted by Gasteiger charge is -2.22. The molecular weight excluding hydrogens is 390 g/mol. The van der Waals surface area contributed by atoms with Crippen LogP contribution in [0.5, 0.6) is 0 Å². The first-order valence-corrected chi connectivity index (χ1v) is 12.4. The van der Waals surface area contributed by atoms with Crippen LogP contribution in [0.25, 0.3) is 10.2 Å². The number of thioether (sulfide) groups is 1. The van der Waals surface area contributed by atoms with E-state index in [1.807, 2.05) is 7.05 Å². The van der Waals surface area contributed by atoms with Crippen molar-refractivity contribution in [1.29, 1.82) is 0 Å². The van der Waals surface area contributed by atoms with Crippen LogP contribution in [0.4, 0.5) is 0 Å². The summed E-state index contributed by atoms with van der Waals surface area (Å²) < 4.78 is 1.69. The minimum Gasteiger partial charge on any atom is -0.353 e. The van der Waals surface area contributed by atoms with Gasteiger partial charge in [0.05, 0.1) is 5.39 Å². The maximum absolute atomic E-state index is 12.9. The van der Waals surface area contributed by atoms with Gasteiger partial charge in [0.15, 0.2) is 5.16 Å². The van der Waals surface area contributed by atoms with Gasteiger partial charge in [0.25, 0.3) is 5.56 Å². The van der Waals surface area contributed by atoms with Crippen molar-refractivity contribution in [3.8, 4) is 0 Å². The number of rotatable bonds is 6. The van der Waals surface area contributed by atoms with Gasteiger partial charge in [-0.15, -0.1) is 11.3 Å². The highest BCUT2D eigenvalue weighted by Crippen LogP contribution is 2.34. The summed E-state index contributed by atoms with van der Waals surface area (Å²) in [5, 5.41) is 4.79. The Labute approximate surface area is 174 Å². The average molecular weight is 420 g/mol. The van der Waals surface area contributed by atoms with Crippen LogP contribution in [-0.4, -0.2) is 27.3 Å². The summed E-state index contributed by atoms with van der Waals surface area (Å²) in [6.45, 7) is 0. The van der Waals surface area contributed by atoms with Crippen LogP contribution < -0.4 is 10.9 Å². The fourth-order valence-electron chi connectivity index (χ4n) is 4.34. The van der Waals surface area contributed by atoms with E-state index < -0.39 is 0 Å². The SMILES string of the molecule is Cn1c(SCCCC(=O)NC2CCCCC2)nc2sc3c(c2c1=O)CCCC3. The third kappa shape index (κ3) is 4.30. The Morgan fingerprint density at radius 1 is 1.21 bits per heavy atom. The summed E-state index contributed by atoms with van der Waals surface area (Å²) >= 11 is 3.29. The molecule has 4 rings (SSSR count). The molecule has 0 aliphatic heterocycles. The van der Waals surface area contributed by atoms with Crippen LogP contribution in [0.15, 0.2) is 9.95 Å². The summed E-state index contributed by atoms with van der Waals surface area (Å²) in [5.41, 5.74) is 1.33. The molecule has 2 aliphatic rings. The summed E-state index contributed by atoms with van der Waals surface area (Å²) in [6.07, 6.45) is 11.8. The number of amides is 1. The van der Waals surface area contributed by atoms with Crippen molar-refractivity contribution in [2.45, 2.75) is 81.8 Å². The van der Waals surface area contributed by atoms with E-state index in [0.717, 1.165) is 53.2 Å². The van der Waals surface area contributed by atoms with Gasteiger partial charge in [0, 0.05) is 30.1 Å². The molecule has 1 saturated carbocycles. The molecule has 0 unspecified atom stereocenters. The molecule has 0 spiro atoms. The predicted octanol–water partition coefficient (Wildman–Crippen LogP) is 4.20. The van der Waals surface area contributed by atoms with Crippen molar-refractivity contribution in [1.82, 2.24) is 14.9 Å². The Kier molecular flexibility index (Phi) is 6.41. The number of carbonyl (C=O) groups excluding carboxylic acids is 1. The molecule has 0 atom stereocenters. The van der Waals surface area contributed by atoms with E-state index in [9.17, 15) is 9.59 Å². The van der Waals surface area contributed by atoms with E-state index in [1.54, 1.807) is 27.7 Å². The molecule has 28 heavy (non-hydrogen) atoms. The largest absolute Gasteiger partial charge is 0.353 e. The van der Waals surface area contributed by atoms with Gasteiger partial charge < -0.3 is 5.32 Å². The van der Waals surface area contributed by atoms with Gasteiger partial charge in [-0.25, -0.2) is 4.98 Å². The molecule has 2 aromatic heterocycles. The number of thiophene rings is 1. The molecule has 1 N–H and O–H groups in total. The lowest BCUT2D eigenvalue weighted by atomic mass is 9.95. The third-order valence-corrected chi connectivity index (χ3v) is 8.21. The van der Waals surface area contributed by atoms with E-state index in [2.05, 4.69) is 5.32 Å². The minimum absolute atomic E-state index is 0.0851. The highest BCUT2D eigenvalue weighted by Gasteiger charge is 2.21. The monoisotopic (exact) mass is 419 g/mol. The second-order valence-electron chi connectivity index (χ2n) is 8.00. The predicted molar refractivity (Wildman–Crippen MR) is 116 cm³/mol. The minimum atomic E-state index is 0.0851. The van der Waals surface area contributed by atoms with E-state index in [1.165, 1.54) is 42.5 Å². The molecule has 1 amide bonds. The zero-order chi connectivity index (χ0) is 19.5. The summed E-state index contributed by atoms with van der Waals surface area (Å²) in [6, 6.07) is 0.378. The van der Waals surface area contributed by atoms with Crippen LogP contribution in [0.3, 0.4) is 0 Å². The van der Waals surface area contributed by atoms with Gasteiger partial charge in [-0.1, -0.05) is 31.0 Å². The Morgan fingerprint density at radius 2 is 2.00 bits per heavy atom. The molecule has 0 saturated heterocycles. The van der Waals surface area contributed by atoms with Crippen molar-refractivity contribution in [3.63, 3.8) is 0 Å². The highest BCUT2D eigenvalue weighted by molar-refractivity contribution is 7.99. The number of hydrogen-bond acceptors (Lipinski definition) is 5. The zero-order valence-electron chi connectivity index (χ0n) is 16.6. The molecule has 2 heterocycles. The maximum Gasteiger partial charge on any atom is 0.262 e. The van der Waals surface area contributed by atoms with Crippen LogP contribution in [0.1, 0.15) is 68.2 Å². The van der Waals surface area contributed by atoms with E-state index in [-0.39, 0.29) is 11.5 Å². The average Bonchev–Trinajstić information content (AvgIpc) is 3.08. The molecule has 2 aromatic rings. The molecular formula is C21H29N3O2S2. The molecule has 1 fully saturated rings. The first kappa shape index (κ1) is 20.0. The number of hydrogen-bond donors (Lipinski definition) is 1. The maximum atomic E-state index is 12.9. The molecule has 152 valence electrons.